The van der Waals surface area contributed by atoms with Crippen molar-refractivity contribution < 1.29 is 0 Å². The first-order chi connectivity index (χ1) is 5.69. The summed E-state index contributed by atoms with van der Waals surface area (Å²) in [5.41, 5.74) is 0.679. The number of hydrogen-bond donors (Lipinski definition) is 0. The van der Waals surface area contributed by atoms with Crippen molar-refractivity contribution in [2.24, 2.45) is 11.3 Å². The molecule has 2 atom stereocenters. The maximum atomic E-state index is 2.46. The summed E-state index contributed by atoms with van der Waals surface area (Å²) in [7, 11) is 0. The van der Waals surface area contributed by atoms with Crippen LogP contribution in [0.3, 0.4) is 0 Å². The van der Waals surface area contributed by atoms with Gasteiger partial charge in [0.2, 0.25) is 0 Å². The van der Waals surface area contributed by atoms with Crippen LogP contribution in [0, 0.1) is 11.3 Å². The standard InChI is InChI=1S/C10H20.C2H6/c1-4-10(3)8-6-5-7-9(10)2;1-2/h9H,4-8H2,1-3H3;1-2H3. The second-order valence-electron chi connectivity index (χ2n) is 4.15. The van der Waals surface area contributed by atoms with Crippen LogP contribution in [-0.2, 0) is 0 Å². The zero-order chi connectivity index (χ0) is 9.61. The van der Waals surface area contributed by atoms with E-state index in [1.54, 1.807) is 0 Å². The predicted molar refractivity (Wildman–Crippen MR) is 57.4 cm³/mol. The molecule has 1 rings (SSSR count). The molecule has 0 saturated heterocycles. The average Bonchev–Trinajstić information content (AvgIpc) is 2.14. The summed E-state index contributed by atoms with van der Waals surface area (Å²) in [5, 5.41) is 0. The van der Waals surface area contributed by atoms with E-state index in [0.717, 1.165) is 5.92 Å². The molecule has 0 heteroatoms. The minimum absolute atomic E-state index is 0.679. The largest absolute Gasteiger partial charge is 0.0683 e. The van der Waals surface area contributed by atoms with Gasteiger partial charge in [-0.3, -0.25) is 0 Å². The Morgan fingerprint density at radius 1 is 1.25 bits per heavy atom. The van der Waals surface area contributed by atoms with Crippen molar-refractivity contribution in [2.75, 3.05) is 0 Å². The third-order valence-electron chi connectivity index (χ3n) is 3.63. The smallest absolute Gasteiger partial charge is 0.0303 e. The first-order valence-corrected chi connectivity index (χ1v) is 5.69. The fourth-order valence-corrected chi connectivity index (χ4v) is 2.10. The van der Waals surface area contributed by atoms with E-state index in [0.29, 0.717) is 5.41 Å². The van der Waals surface area contributed by atoms with E-state index in [4.69, 9.17) is 0 Å². The molecule has 1 saturated carbocycles. The molecule has 0 radical (unpaired) electrons. The molecule has 74 valence electrons. The first kappa shape index (κ1) is 12.0. The lowest BCUT2D eigenvalue weighted by atomic mass is 9.67. The van der Waals surface area contributed by atoms with Gasteiger partial charge in [0, 0.05) is 0 Å². The molecule has 0 aromatic carbocycles. The van der Waals surface area contributed by atoms with Crippen LogP contribution in [0.1, 0.15) is 66.7 Å². The molecule has 0 aliphatic heterocycles. The van der Waals surface area contributed by atoms with Crippen molar-refractivity contribution in [1.82, 2.24) is 0 Å². The molecule has 0 heterocycles. The van der Waals surface area contributed by atoms with Gasteiger partial charge >= 0.3 is 0 Å². The normalized spacial score (nSPS) is 35.2. The highest BCUT2D eigenvalue weighted by Gasteiger charge is 2.31. The average molecular weight is 170 g/mol. The van der Waals surface area contributed by atoms with E-state index in [2.05, 4.69) is 20.8 Å². The van der Waals surface area contributed by atoms with Gasteiger partial charge in [-0.05, 0) is 17.8 Å². The molecular formula is C12H26. The highest BCUT2D eigenvalue weighted by molar-refractivity contribution is 4.82. The highest BCUT2D eigenvalue weighted by atomic mass is 14.4. The summed E-state index contributed by atoms with van der Waals surface area (Å²) in [6.45, 7) is 11.2. The van der Waals surface area contributed by atoms with E-state index in [1.165, 1.54) is 32.1 Å². The second kappa shape index (κ2) is 5.61. The van der Waals surface area contributed by atoms with E-state index < -0.39 is 0 Å². The van der Waals surface area contributed by atoms with Crippen LogP contribution in [0.4, 0.5) is 0 Å². The monoisotopic (exact) mass is 170 g/mol. The fourth-order valence-electron chi connectivity index (χ4n) is 2.10. The number of hydrogen-bond acceptors (Lipinski definition) is 0. The molecule has 0 N–H and O–H groups in total. The van der Waals surface area contributed by atoms with Crippen molar-refractivity contribution in [2.45, 2.75) is 66.7 Å². The van der Waals surface area contributed by atoms with Crippen molar-refractivity contribution in [3.63, 3.8) is 0 Å². The minimum atomic E-state index is 0.679. The van der Waals surface area contributed by atoms with Crippen molar-refractivity contribution in [3.8, 4) is 0 Å². The molecule has 0 bridgehead atoms. The summed E-state index contributed by atoms with van der Waals surface area (Å²) in [6, 6.07) is 0. The molecule has 0 spiro atoms. The molecule has 1 fully saturated rings. The van der Waals surface area contributed by atoms with Crippen LogP contribution in [0.25, 0.3) is 0 Å². The number of rotatable bonds is 1. The van der Waals surface area contributed by atoms with Gasteiger partial charge < -0.3 is 0 Å². The Bertz CT molecular complexity index is 107. The maximum Gasteiger partial charge on any atom is -0.0303 e. The van der Waals surface area contributed by atoms with Crippen LogP contribution < -0.4 is 0 Å². The Balaban J connectivity index is 0.000000561. The summed E-state index contributed by atoms with van der Waals surface area (Å²) in [5.74, 6) is 0.964. The van der Waals surface area contributed by atoms with Gasteiger partial charge in [0.1, 0.15) is 0 Å². The molecular weight excluding hydrogens is 144 g/mol. The minimum Gasteiger partial charge on any atom is -0.0683 e. The second-order valence-corrected chi connectivity index (χ2v) is 4.15. The van der Waals surface area contributed by atoms with Gasteiger partial charge in [0.25, 0.3) is 0 Å². The maximum absolute atomic E-state index is 2.46. The molecule has 0 aromatic rings. The molecule has 12 heavy (non-hydrogen) atoms. The first-order valence-electron chi connectivity index (χ1n) is 5.69. The molecule has 2 unspecified atom stereocenters. The Morgan fingerprint density at radius 2 is 1.83 bits per heavy atom. The molecule has 0 amide bonds. The van der Waals surface area contributed by atoms with Crippen LogP contribution in [0.5, 0.6) is 0 Å². The van der Waals surface area contributed by atoms with E-state index >= 15 is 0 Å². The van der Waals surface area contributed by atoms with E-state index in [1.807, 2.05) is 13.8 Å². The third-order valence-corrected chi connectivity index (χ3v) is 3.63. The molecule has 0 nitrogen and oxygen atoms in total. The lowest BCUT2D eigenvalue weighted by Gasteiger charge is -2.39. The van der Waals surface area contributed by atoms with Crippen LogP contribution in [0.15, 0.2) is 0 Å². The summed E-state index contributed by atoms with van der Waals surface area (Å²) in [6.07, 6.45) is 7.23. The zero-order valence-corrected chi connectivity index (χ0v) is 9.61. The van der Waals surface area contributed by atoms with Gasteiger partial charge in [0.15, 0.2) is 0 Å². The van der Waals surface area contributed by atoms with Crippen LogP contribution in [0.2, 0.25) is 0 Å². The highest BCUT2D eigenvalue weighted by Crippen LogP contribution is 2.42. The van der Waals surface area contributed by atoms with Gasteiger partial charge in [0.05, 0.1) is 0 Å². The molecule has 0 aromatic heterocycles. The summed E-state index contributed by atoms with van der Waals surface area (Å²) >= 11 is 0. The SMILES string of the molecule is CC.CCC1(C)CCCCC1C. The Labute approximate surface area is 78.8 Å². The zero-order valence-electron chi connectivity index (χ0n) is 9.61. The van der Waals surface area contributed by atoms with Crippen molar-refractivity contribution >= 4 is 0 Å². The van der Waals surface area contributed by atoms with Gasteiger partial charge in [-0.25, -0.2) is 0 Å². The Hall–Kier alpha value is 0. The van der Waals surface area contributed by atoms with Gasteiger partial charge in [-0.15, -0.1) is 0 Å². The summed E-state index contributed by atoms with van der Waals surface area (Å²) in [4.78, 5) is 0. The lowest BCUT2D eigenvalue weighted by molar-refractivity contribution is 0.125. The Morgan fingerprint density at radius 3 is 2.17 bits per heavy atom. The van der Waals surface area contributed by atoms with Crippen molar-refractivity contribution in [3.05, 3.63) is 0 Å². The van der Waals surface area contributed by atoms with E-state index in [9.17, 15) is 0 Å². The van der Waals surface area contributed by atoms with Crippen LogP contribution >= 0.6 is 0 Å². The predicted octanol–water partition coefficient (Wildman–Crippen LogP) is 4.64. The topological polar surface area (TPSA) is 0 Å². The quantitative estimate of drug-likeness (QED) is 0.538. The molecule has 1 aliphatic rings. The lowest BCUT2D eigenvalue weighted by Crippen LogP contribution is -2.27. The Kier molecular flexibility index (Phi) is 5.61. The van der Waals surface area contributed by atoms with Gasteiger partial charge in [-0.1, -0.05) is 60.3 Å². The third kappa shape index (κ3) is 2.80. The van der Waals surface area contributed by atoms with E-state index in [-0.39, 0.29) is 0 Å². The fraction of sp³-hybridized carbons (Fsp3) is 1.00. The molecule has 1 aliphatic carbocycles. The summed E-state index contributed by atoms with van der Waals surface area (Å²) < 4.78 is 0. The van der Waals surface area contributed by atoms with Gasteiger partial charge in [-0.2, -0.15) is 0 Å². The van der Waals surface area contributed by atoms with Crippen molar-refractivity contribution in [1.29, 1.82) is 0 Å². The van der Waals surface area contributed by atoms with Crippen LogP contribution in [-0.4, -0.2) is 0 Å².